The van der Waals surface area contributed by atoms with Crippen LogP contribution < -0.4 is 9.47 Å². The summed E-state index contributed by atoms with van der Waals surface area (Å²) in [5.74, 6) is 3.15. The third kappa shape index (κ3) is 4.90. The first kappa shape index (κ1) is 23.7. The maximum Gasteiger partial charge on any atom is 0.228 e. The van der Waals surface area contributed by atoms with Crippen molar-refractivity contribution >= 4 is 5.91 Å². The topological polar surface area (TPSA) is 38.8 Å². The van der Waals surface area contributed by atoms with Crippen molar-refractivity contribution in [2.24, 2.45) is 11.8 Å². The highest BCUT2D eigenvalue weighted by atomic mass is 16.5. The zero-order valence-electron chi connectivity index (χ0n) is 21.1. The van der Waals surface area contributed by atoms with Gasteiger partial charge in [-0.2, -0.15) is 0 Å². The first-order valence-electron chi connectivity index (χ1n) is 12.5. The highest BCUT2D eigenvalue weighted by Crippen LogP contribution is 2.45. The number of fused-ring (bicyclic) bond motifs is 1. The number of nitrogens with zero attached hydrogens (tertiary/aromatic N) is 1. The fraction of sp³-hybridized carbons (Fsp3) is 0.552. The molecule has 1 aliphatic heterocycles. The number of hydrogen-bond donors (Lipinski definition) is 0. The van der Waals surface area contributed by atoms with Crippen molar-refractivity contribution in [1.82, 2.24) is 4.90 Å². The van der Waals surface area contributed by atoms with Crippen LogP contribution in [0.5, 0.6) is 11.5 Å². The van der Waals surface area contributed by atoms with Crippen molar-refractivity contribution in [1.29, 1.82) is 0 Å². The van der Waals surface area contributed by atoms with E-state index in [0.29, 0.717) is 18.1 Å². The molecule has 1 amide bonds. The van der Waals surface area contributed by atoms with Crippen LogP contribution in [0.1, 0.15) is 81.7 Å². The molecule has 1 unspecified atom stereocenters. The van der Waals surface area contributed by atoms with Crippen molar-refractivity contribution in [2.45, 2.75) is 84.9 Å². The highest BCUT2D eigenvalue weighted by molar-refractivity contribution is 5.83. The number of carbonyl (C=O) groups is 1. The van der Waals surface area contributed by atoms with Crippen molar-refractivity contribution in [3.05, 3.63) is 58.7 Å². The van der Waals surface area contributed by atoms with Crippen LogP contribution in [-0.2, 0) is 11.2 Å². The second kappa shape index (κ2) is 9.79. The molecule has 2 aromatic carbocycles. The minimum absolute atomic E-state index is 0.0439. The molecule has 2 aliphatic rings. The molecule has 0 bridgehead atoms. The van der Waals surface area contributed by atoms with E-state index in [0.717, 1.165) is 30.1 Å². The van der Waals surface area contributed by atoms with Gasteiger partial charge in [0.2, 0.25) is 5.91 Å². The van der Waals surface area contributed by atoms with E-state index in [-0.39, 0.29) is 24.1 Å². The van der Waals surface area contributed by atoms with Crippen LogP contribution in [0.2, 0.25) is 0 Å². The third-order valence-electron chi connectivity index (χ3n) is 7.46. The molecule has 1 saturated carbocycles. The fourth-order valence-electron chi connectivity index (χ4n) is 5.63. The molecule has 4 nitrogen and oxygen atoms in total. The van der Waals surface area contributed by atoms with Gasteiger partial charge in [-0.25, -0.2) is 0 Å². The Hall–Kier alpha value is -2.49. The van der Waals surface area contributed by atoms with Gasteiger partial charge in [-0.15, -0.1) is 0 Å². The van der Waals surface area contributed by atoms with E-state index in [1.54, 1.807) is 7.11 Å². The van der Waals surface area contributed by atoms with Gasteiger partial charge < -0.3 is 14.4 Å². The van der Waals surface area contributed by atoms with Crippen molar-refractivity contribution < 1.29 is 14.3 Å². The van der Waals surface area contributed by atoms with Crippen LogP contribution in [0.25, 0.3) is 0 Å². The molecule has 33 heavy (non-hydrogen) atoms. The molecule has 0 saturated heterocycles. The fourth-order valence-corrected chi connectivity index (χ4v) is 5.63. The maximum atomic E-state index is 13.6. The minimum Gasteiger partial charge on any atom is -0.493 e. The molecule has 1 fully saturated rings. The molecule has 178 valence electrons. The molecule has 0 radical (unpaired) electrons. The van der Waals surface area contributed by atoms with Gasteiger partial charge in [0.05, 0.1) is 25.7 Å². The normalized spacial score (nSPS) is 23.1. The van der Waals surface area contributed by atoms with E-state index in [1.165, 1.54) is 29.5 Å². The zero-order chi connectivity index (χ0) is 23.7. The summed E-state index contributed by atoms with van der Waals surface area (Å²) in [5.41, 5.74) is 4.61. The van der Waals surface area contributed by atoms with E-state index in [2.05, 4.69) is 56.0 Å². The predicted octanol–water partition coefficient (Wildman–Crippen LogP) is 6.48. The molecule has 2 aromatic rings. The van der Waals surface area contributed by atoms with Crippen LogP contribution in [0.4, 0.5) is 0 Å². The van der Waals surface area contributed by atoms with E-state index >= 15 is 0 Å². The summed E-state index contributed by atoms with van der Waals surface area (Å²) >= 11 is 0. The Balaban J connectivity index is 1.78. The van der Waals surface area contributed by atoms with Crippen molar-refractivity contribution in [2.75, 3.05) is 7.11 Å². The van der Waals surface area contributed by atoms with Gasteiger partial charge in [-0.05, 0) is 87.1 Å². The lowest BCUT2D eigenvalue weighted by molar-refractivity contribution is -0.137. The molecule has 1 heterocycles. The molecule has 1 atom stereocenters. The van der Waals surface area contributed by atoms with Crippen LogP contribution in [0, 0.1) is 18.8 Å². The average Bonchev–Trinajstić information content (AvgIpc) is 2.78. The second-order valence-corrected chi connectivity index (χ2v) is 10.5. The minimum atomic E-state index is -0.0946. The number of carbonyl (C=O) groups excluding carboxylic acids is 1. The lowest BCUT2D eigenvalue weighted by Gasteiger charge is -2.45. The van der Waals surface area contributed by atoms with Crippen LogP contribution in [0.3, 0.4) is 0 Å². The number of benzene rings is 2. The van der Waals surface area contributed by atoms with E-state index in [9.17, 15) is 4.79 Å². The van der Waals surface area contributed by atoms with Crippen LogP contribution in [-0.4, -0.2) is 30.1 Å². The van der Waals surface area contributed by atoms with Crippen molar-refractivity contribution in [3.8, 4) is 11.5 Å². The molecule has 0 aromatic heterocycles. The summed E-state index contributed by atoms with van der Waals surface area (Å²) in [6, 6.07) is 13.0. The largest absolute Gasteiger partial charge is 0.493 e. The second-order valence-electron chi connectivity index (χ2n) is 10.5. The Morgan fingerprint density at radius 1 is 0.939 bits per heavy atom. The zero-order valence-corrected chi connectivity index (χ0v) is 21.1. The van der Waals surface area contributed by atoms with E-state index in [1.807, 2.05) is 19.9 Å². The number of rotatable bonds is 6. The van der Waals surface area contributed by atoms with Gasteiger partial charge in [0.25, 0.3) is 0 Å². The standard InChI is InChI=1S/C29H39NO3/c1-18(2)21-11-13-24(14-12-21)30-28(31)16-23-15-26(32-6)27(33-19(3)4)17-25(23)29(30)22-9-7-20(5)8-10-22/h7-10,15,17-19,21,24,29H,11-14,16H2,1-6H3. The van der Waals surface area contributed by atoms with Gasteiger partial charge in [0.1, 0.15) is 0 Å². The number of hydrogen-bond acceptors (Lipinski definition) is 3. The number of aryl methyl sites for hydroxylation is 1. The summed E-state index contributed by atoms with van der Waals surface area (Å²) in [5, 5.41) is 0. The smallest absolute Gasteiger partial charge is 0.228 e. The van der Waals surface area contributed by atoms with Crippen LogP contribution >= 0.6 is 0 Å². The molecular weight excluding hydrogens is 410 g/mol. The Morgan fingerprint density at radius 2 is 1.61 bits per heavy atom. The lowest BCUT2D eigenvalue weighted by atomic mass is 9.77. The first-order chi connectivity index (χ1) is 15.8. The number of ether oxygens (including phenoxy) is 2. The van der Waals surface area contributed by atoms with Crippen molar-refractivity contribution in [3.63, 3.8) is 0 Å². The summed E-state index contributed by atoms with van der Waals surface area (Å²) < 4.78 is 11.8. The Bertz CT molecular complexity index is 971. The van der Waals surface area contributed by atoms with Gasteiger partial charge >= 0.3 is 0 Å². The van der Waals surface area contributed by atoms with E-state index in [4.69, 9.17) is 9.47 Å². The monoisotopic (exact) mass is 449 g/mol. The summed E-state index contributed by atoms with van der Waals surface area (Å²) in [6.07, 6.45) is 5.02. The Morgan fingerprint density at radius 3 is 2.18 bits per heavy atom. The van der Waals surface area contributed by atoms with Gasteiger partial charge in [0, 0.05) is 6.04 Å². The van der Waals surface area contributed by atoms with Gasteiger partial charge in [0.15, 0.2) is 11.5 Å². The summed E-state index contributed by atoms with van der Waals surface area (Å²) in [6.45, 7) is 10.8. The first-order valence-corrected chi connectivity index (χ1v) is 12.5. The van der Waals surface area contributed by atoms with Gasteiger partial charge in [-0.3, -0.25) is 4.79 Å². The molecule has 4 heteroatoms. The molecule has 4 rings (SSSR count). The maximum absolute atomic E-state index is 13.6. The third-order valence-corrected chi connectivity index (χ3v) is 7.46. The predicted molar refractivity (Wildman–Crippen MR) is 133 cm³/mol. The van der Waals surface area contributed by atoms with E-state index < -0.39 is 0 Å². The quantitative estimate of drug-likeness (QED) is 0.507. The number of amides is 1. The summed E-state index contributed by atoms with van der Waals surface area (Å²) in [4.78, 5) is 15.8. The molecule has 1 aliphatic carbocycles. The number of methoxy groups -OCH3 is 1. The van der Waals surface area contributed by atoms with Gasteiger partial charge in [-0.1, -0.05) is 43.7 Å². The molecule has 0 N–H and O–H groups in total. The molecule has 0 spiro atoms. The lowest BCUT2D eigenvalue weighted by Crippen LogP contribution is -2.48. The summed E-state index contributed by atoms with van der Waals surface area (Å²) in [7, 11) is 1.66. The molecular formula is C29H39NO3. The Labute approximate surface area is 199 Å². The Kier molecular flexibility index (Phi) is 7.02. The van der Waals surface area contributed by atoms with Crippen LogP contribution in [0.15, 0.2) is 36.4 Å². The SMILES string of the molecule is COc1cc2c(cc1OC(C)C)C(c1ccc(C)cc1)N(C1CCC(C(C)C)CC1)C(=O)C2. The highest BCUT2D eigenvalue weighted by Gasteiger charge is 2.40. The average molecular weight is 450 g/mol.